The van der Waals surface area contributed by atoms with E-state index in [1.165, 1.54) is 0 Å². The number of halogens is 2. The molecule has 1 aromatic rings. The number of rotatable bonds is 4. The van der Waals surface area contributed by atoms with Gasteiger partial charge in [-0.3, -0.25) is 0 Å². The fourth-order valence-electron chi connectivity index (χ4n) is 0.880. The minimum absolute atomic E-state index is 0.211. The lowest BCUT2D eigenvalue weighted by atomic mass is 10.3. The van der Waals surface area contributed by atoms with Gasteiger partial charge >= 0.3 is 0 Å². The van der Waals surface area contributed by atoms with Gasteiger partial charge in [0, 0.05) is 22.6 Å². The zero-order chi connectivity index (χ0) is 9.68. The zero-order valence-electron chi connectivity index (χ0n) is 7.43. The molecular formula is C9H12BrClN2. The number of aromatic nitrogens is 1. The van der Waals surface area contributed by atoms with Gasteiger partial charge in [-0.15, -0.1) is 11.6 Å². The fraction of sp³-hybridized carbons (Fsp3) is 0.444. The summed E-state index contributed by atoms with van der Waals surface area (Å²) in [6, 6.07) is 3.89. The average molecular weight is 264 g/mol. The van der Waals surface area contributed by atoms with Crippen LogP contribution in [0.3, 0.4) is 0 Å². The number of nitrogens with one attached hydrogen (secondary N) is 1. The molecule has 0 aliphatic rings. The van der Waals surface area contributed by atoms with Gasteiger partial charge in [0.2, 0.25) is 0 Å². The van der Waals surface area contributed by atoms with Crippen LogP contribution in [0.4, 0.5) is 5.82 Å². The first-order valence-corrected chi connectivity index (χ1v) is 5.41. The van der Waals surface area contributed by atoms with Crippen LogP contribution in [-0.2, 0) is 0 Å². The Morgan fingerprint density at radius 3 is 2.92 bits per heavy atom. The molecule has 1 N–H and O–H groups in total. The van der Waals surface area contributed by atoms with Gasteiger partial charge in [0.1, 0.15) is 5.82 Å². The van der Waals surface area contributed by atoms with Crippen molar-refractivity contribution in [1.29, 1.82) is 0 Å². The first-order chi connectivity index (χ1) is 6.18. The van der Waals surface area contributed by atoms with Crippen molar-refractivity contribution in [3.8, 4) is 0 Å². The molecule has 0 amide bonds. The second kappa shape index (κ2) is 5.45. The molecule has 0 aliphatic carbocycles. The van der Waals surface area contributed by atoms with Crippen LogP contribution in [0.2, 0.25) is 0 Å². The molecule has 72 valence electrons. The maximum absolute atomic E-state index is 5.80. The van der Waals surface area contributed by atoms with Crippen molar-refractivity contribution in [1.82, 2.24) is 4.98 Å². The Bertz CT molecular complexity index is 248. The van der Waals surface area contributed by atoms with Crippen LogP contribution in [0, 0.1) is 0 Å². The van der Waals surface area contributed by atoms with Crippen molar-refractivity contribution < 1.29 is 0 Å². The predicted octanol–water partition coefficient (Wildman–Crippen LogP) is 3.27. The summed E-state index contributed by atoms with van der Waals surface area (Å²) < 4.78 is 0.990. The van der Waals surface area contributed by atoms with Crippen LogP contribution in [0.1, 0.15) is 13.3 Å². The van der Waals surface area contributed by atoms with Gasteiger partial charge in [-0.2, -0.15) is 0 Å². The lowest BCUT2D eigenvalue weighted by Gasteiger charge is -2.05. The smallest absolute Gasteiger partial charge is 0.125 e. The first kappa shape index (κ1) is 10.8. The second-order valence-corrected chi connectivity index (χ2v) is 4.52. The topological polar surface area (TPSA) is 24.9 Å². The van der Waals surface area contributed by atoms with E-state index in [0.717, 1.165) is 23.3 Å². The molecule has 1 unspecified atom stereocenters. The van der Waals surface area contributed by atoms with E-state index in [1.54, 1.807) is 6.20 Å². The summed E-state index contributed by atoms with van der Waals surface area (Å²) in [7, 11) is 0. The highest BCUT2D eigenvalue weighted by Gasteiger charge is 1.96. The van der Waals surface area contributed by atoms with Crippen LogP contribution < -0.4 is 5.32 Å². The SMILES string of the molecule is CC(Cl)CCNc1ccc(Br)cn1. The summed E-state index contributed by atoms with van der Waals surface area (Å²) in [5, 5.41) is 3.40. The molecule has 13 heavy (non-hydrogen) atoms. The highest BCUT2D eigenvalue weighted by molar-refractivity contribution is 9.10. The quantitative estimate of drug-likeness (QED) is 0.843. The molecule has 0 saturated heterocycles. The third-order valence-electron chi connectivity index (χ3n) is 1.58. The number of nitrogens with zero attached hydrogens (tertiary/aromatic N) is 1. The van der Waals surface area contributed by atoms with E-state index in [-0.39, 0.29) is 5.38 Å². The van der Waals surface area contributed by atoms with Gasteiger partial charge in [0.15, 0.2) is 0 Å². The van der Waals surface area contributed by atoms with Crippen molar-refractivity contribution in [2.75, 3.05) is 11.9 Å². The lowest BCUT2D eigenvalue weighted by Crippen LogP contribution is -2.06. The normalized spacial score (nSPS) is 12.5. The van der Waals surface area contributed by atoms with E-state index in [2.05, 4.69) is 26.2 Å². The number of hydrogen-bond acceptors (Lipinski definition) is 2. The summed E-state index contributed by atoms with van der Waals surface area (Å²) in [4.78, 5) is 4.17. The van der Waals surface area contributed by atoms with Crippen molar-refractivity contribution >= 4 is 33.3 Å². The van der Waals surface area contributed by atoms with Crippen LogP contribution in [0.15, 0.2) is 22.8 Å². The Labute approximate surface area is 91.8 Å². The molecule has 1 atom stereocenters. The molecule has 2 nitrogen and oxygen atoms in total. The minimum atomic E-state index is 0.211. The molecule has 1 aromatic heterocycles. The summed E-state index contributed by atoms with van der Waals surface area (Å²) in [5.74, 6) is 0.889. The fourth-order valence-corrected chi connectivity index (χ4v) is 1.22. The largest absolute Gasteiger partial charge is 0.370 e. The highest BCUT2D eigenvalue weighted by atomic mass is 79.9. The van der Waals surface area contributed by atoms with Gasteiger partial charge in [0.05, 0.1) is 0 Å². The number of hydrogen-bond donors (Lipinski definition) is 1. The predicted molar refractivity (Wildman–Crippen MR) is 60.4 cm³/mol. The van der Waals surface area contributed by atoms with Crippen molar-refractivity contribution in [2.45, 2.75) is 18.7 Å². The molecule has 4 heteroatoms. The zero-order valence-corrected chi connectivity index (χ0v) is 9.77. The van der Waals surface area contributed by atoms with E-state index in [4.69, 9.17) is 11.6 Å². The molecular weight excluding hydrogens is 251 g/mol. The standard InChI is InChI=1S/C9H12BrClN2/c1-7(11)4-5-12-9-3-2-8(10)6-13-9/h2-3,6-7H,4-5H2,1H3,(H,12,13). The summed E-state index contributed by atoms with van der Waals surface area (Å²) >= 11 is 9.13. The van der Waals surface area contributed by atoms with Gasteiger partial charge in [-0.05, 0) is 41.4 Å². The van der Waals surface area contributed by atoms with E-state index < -0.39 is 0 Å². The monoisotopic (exact) mass is 262 g/mol. The molecule has 0 bridgehead atoms. The molecule has 0 spiro atoms. The van der Waals surface area contributed by atoms with Gasteiger partial charge < -0.3 is 5.32 Å². The van der Waals surface area contributed by atoms with Crippen molar-refractivity contribution in [2.24, 2.45) is 0 Å². The molecule has 1 rings (SSSR count). The number of anilines is 1. The lowest BCUT2D eigenvalue weighted by molar-refractivity contribution is 0.839. The number of pyridine rings is 1. The second-order valence-electron chi connectivity index (χ2n) is 2.86. The Hall–Kier alpha value is -0.280. The van der Waals surface area contributed by atoms with E-state index in [9.17, 15) is 0 Å². The highest BCUT2D eigenvalue weighted by Crippen LogP contribution is 2.10. The average Bonchev–Trinajstić information content (AvgIpc) is 2.08. The van der Waals surface area contributed by atoms with Crippen LogP contribution in [0.5, 0.6) is 0 Å². The Kier molecular flexibility index (Phi) is 4.53. The van der Waals surface area contributed by atoms with Crippen molar-refractivity contribution in [3.63, 3.8) is 0 Å². The number of alkyl halides is 1. The third kappa shape index (κ3) is 4.48. The molecule has 0 aliphatic heterocycles. The van der Waals surface area contributed by atoms with Crippen molar-refractivity contribution in [3.05, 3.63) is 22.8 Å². The van der Waals surface area contributed by atoms with Gasteiger partial charge in [-0.25, -0.2) is 4.98 Å². The van der Waals surface area contributed by atoms with Crippen LogP contribution in [-0.4, -0.2) is 16.9 Å². The molecule has 0 saturated carbocycles. The van der Waals surface area contributed by atoms with E-state index in [1.807, 2.05) is 19.1 Å². The van der Waals surface area contributed by atoms with Crippen LogP contribution in [0.25, 0.3) is 0 Å². The van der Waals surface area contributed by atoms with Crippen LogP contribution >= 0.6 is 27.5 Å². The maximum Gasteiger partial charge on any atom is 0.125 e. The van der Waals surface area contributed by atoms with E-state index >= 15 is 0 Å². The van der Waals surface area contributed by atoms with E-state index in [0.29, 0.717) is 0 Å². The molecule has 0 radical (unpaired) electrons. The summed E-state index contributed by atoms with van der Waals surface area (Å²) in [6.45, 7) is 2.84. The first-order valence-electron chi connectivity index (χ1n) is 4.18. The Morgan fingerprint density at radius 1 is 1.62 bits per heavy atom. The van der Waals surface area contributed by atoms with Gasteiger partial charge in [-0.1, -0.05) is 0 Å². The Balaban J connectivity index is 2.33. The Morgan fingerprint density at radius 2 is 2.38 bits per heavy atom. The minimum Gasteiger partial charge on any atom is -0.370 e. The summed E-state index contributed by atoms with van der Waals surface area (Å²) in [5.41, 5.74) is 0. The molecule has 0 aromatic carbocycles. The molecule has 1 heterocycles. The summed E-state index contributed by atoms with van der Waals surface area (Å²) in [6.07, 6.45) is 2.71. The van der Waals surface area contributed by atoms with Gasteiger partial charge in [0.25, 0.3) is 0 Å². The third-order valence-corrected chi connectivity index (χ3v) is 2.26. The molecule has 0 fully saturated rings. The maximum atomic E-state index is 5.80.